The Morgan fingerprint density at radius 2 is 1.63 bits per heavy atom. The van der Waals surface area contributed by atoms with Crippen LogP contribution in [0.15, 0.2) is 59.0 Å². The van der Waals surface area contributed by atoms with Gasteiger partial charge in [0.05, 0.1) is 5.69 Å². The lowest BCUT2D eigenvalue weighted by Gasteiger charge is -2.06. The first-order valence-electron chi connectivity index (χ1n) is 9.09. The van der Waals surface area contributed by atoms with Crippen LogP contribution in [0.25, 0.3) is 22.2 Å². The maximum absolute atomic E-state index is 11.1. The molecule has 0 bridgehead atoms. The van der Waals surface area contributed by atoms with Crippen LogP contribution in [-0.2, 0) is 6.42 Å². The molecule has 0 radical (unpaired) electrons. The van der Waals surface area contributed by atoms with Gasteiger partial charge in [0.25, 0.3) is 0 Å². The second kappa shape index (κ2) is 7.25. The first-order valence-corrected chi connectivity index (χ1v) is 9.09. The predicted octanol–water partition coefficient (Wildman–Crippen LogP) is 3.29. The fourth-order valence-electron chi connectivity index (χ4n) is 3.43. The predicted molar refractivity (Wildman–Crippen MR) is 114 cm³/mol. The van der Waals surface area contributed by atoms with Gasteiger partial charge in [0, 0.05) is 28.5 Å². The fraction of sp³-hybridized carbons (Fsp3) is 0.0455. The van der Waals surface area contributed by atoms with Gasteiger partial charge < -0.3 is 26.0 Å². The molecular formula is C22H19N5O3. The zero-order valence-electron chi connectivity index (χ0n) is 15.8. The summed E-state index contributed by atoms with van der Waals surface area (Å²) in [6.07, 6.45) is 0.372. The van der Waals surface area contributed by atoms with Crippen LogP contribution in [0.3, 0.4) is 0 Å². The van der Waals surface area contributed by atoms with Crippen molar-refractivity contribution in [3.8, 4) is 11.3 Å². The first-order chi connectivity index (χ1) is 14.3. The average molecular weight is 401 g/mol. The molecule has 0 fully saturated rings. The number of nitrogen functional groups attached to an aromatic ring is 2. The highest BCUT2D eigenvalue weighted by Gasteiger charge is 2.17. The highest BCUT2D eigenvalue weighted by atomic mass is 16.4. The van der Waals surface area contributed by atoms with E-state index in [2.05, 4.69) is 4.98 Å². The Morgan fingerprint density at radius 1 is 0.967 bits per heavy atom. The van der Waals surface area contributed by atoms with Crippen LogP contribution in [0, 0.1) is 10.8 Å². The molecule has 0 aliphatic carbocycles. The lowest BCUT2D eigenvalue weighted by molar-refractivity contribution is 0.0660. The summed E-state index contributed by atoms with van der Waals surface area (Å²) in [6, 6.07) is 15.8. The van der Waals surface area contributed by atoms with E-state index in [0.29, 0.717) is 23.3 Å². The SMILES string of the molecule is N=C(N)c1ccc(-c2[nH]c3cc(C(=N)N)ccc3c2Cc2ccc(C(=O)O)o2)cc1. The smallest absolute Gasteiger partial charge is 0.371 e. The van der Waals surface area contributed by atoms with Gasteiger partial charge in [-0.15, -0.1) is 0 Å². The van der Waals surface area contributed by atoms with Crippen molar-refractivity contribution in [1.82, 2.24) is 4.98 Å². The Hall–Kier alpha value is -4.33. The van der Waals surface area contributed by atoms with Crippen LogP contribution in [0.1, 0.15) is 33.0 Å². The molecule has 0 atom stereocenters. The molecular weight excluding hydrogens is 382 g/mol. The van der Waals surface area contributed by atoms with Crippen LogP contribution in [0.4, 0.5) is 0 Å². The van der Waals surface area contributed by atoms with Crippen LogP contribution in [0.5, 0.6) is 0 Å². The van der Waals surface area contributed by atoms with Crippen molar-refractivity contribution < 1.29 is 14.3 Å². The van der Waals surface area contributed by atoms with Gasteiger partial charge in [-0.3, -0.25) is 10.8 Å². The van der Waals surface area contributed by atoms with Gasteiger partial charge in [-0.2, -0.15) is 0 Å². The fourth-order valence-corrected chi connectivity index (χ4v) is 3.43. The third-order valence-electron chi connectivity index (χ3n) is 4.93. The van der Waals surface area contributed by atoms with E-state index in [4.69, 9.17) is 31.8 Å². The zero-order valence-corrected chi connectivity index (χ0v) is 15.8. The molecule has 0 saturated carbocycles. The highest BCUT2D eigenvalue weighted by Crippen LogP contribution is 2.33. The number of H-pyrrole nitrogens is 1. The lowest BCUT2D eigenvalue weighted by Crippen LogP contribution is -2.10. The molecule has 8 heteroatoms. The van der Waals surface area contributed by atoms with E-state index in [1.165, 1.54) is 6.07 Å². The number of nitrogens with two attached hydrogens (primary N) is 2. The largest absolute Gasteiger partial charge is 0.475 e. The third kappa shape index (κ3) is 3.42. The Labute approximate surface area is 171 Å². The van der Waals surface area contributed by atoms with Crippen molar-refractivity contribution in [2.45, 2.75) is 6.42 Å². The molecule has 4 rings (SSSR count). The second-order valence-electron chi connectivity index (χ2n) is 6.89. The van der Waals surface area contributed by atoms with Crippen LogP contribution in [-0.4, -0.2) is 27.7 Å². The maximum atomic E-state index is 11.1. The number of carbonyl (C=O) groups is 1. The Kier molecular flexibility index (Phi) is 4.59. The van der Waals surface area contributed by atoms with Crippen molar-refractivity contribution in [2.75, 3.05) is 0 Å². The van der Waals surface area contributed by atoms with Gasteiger partial charge in [0.15, 0.2) is 0 Å². The summed E-state index contributed by atoms with van der Waals surface area (Å²) in [6.45, 7) is 0. The summed E-state index contributed by atoms with van der Waals surface area (Å²) in [7, 11) is 0. The summed E-state index contributed by atoms with van der Waals surface area (Å²) in [5, 5.41) is 25.3. The normalized spacial score (nSPS) is 10.9. The molecule has 0 spiro atoms. The van der Waals surface area contributed by atoms with Gasteiger partial charge in [-0.05, 0) is 29.3 Å². The van der Waals surface area contributed by atoms with Crippen LogP contribution in [0.2, 0.25) is 0 Å². The Balaban J connectivity index is 1.85. The van der Waals surface area contributed by atoms with Gasteiger partial charge in [0.1, 0.15) is 17.4 Å². The van der Waals surface area contributed by atoms with E-state index in [1.807, 2.05) is 18.2 Å². The number of aromatic carboxylic acids is 1. The van der Waals surface area contributed by atoms with Crippen LogP contribution < -0.4 is 11.5 Å². The van der Waals surface area contributed by atoms with Crippen LogP contribution >= 0.6 is 0 Å². The number of benzene rings is 2. The van der Waals surface area contributed by atoms with Crippen molar-refractivity contribution in [3.05, 3.63) is 82.8 Å². The molecule has 2 aromatic carbocycles. The number of fused-ring (bicyclic) bond motifs is 1. The van der Waals surface area contributed by atoms with E-state index >= 15 is 0 Å². The minimum atomic E-state index is -1.12. The number of nitrogens with one attached hydrogen (secondary N) is 3. The first kappa shape index (κ1) is 19.0. The molecule has 30 heavy (non-hydrogen) atoms. The summed E-state index contributed by atoms with van der Waals surface area (Å²) in [5.41, 5.74) is 15.8. The third-order valence-corrected chi connectivity index (χ3v) is 4.93. The summed E-state index contributed by atoms with van der Waals surface area (Å²) >= 11 is 0. The van der Waals surface area contributed by atoms with E-state index in [9.17, 15) is 4.79 Å². The van der Waals surface area contributed by atoms with Crippen molar-refractivity contribution in [2.24, 2.45) is 11.5 Å². The number of aromatic amines is 1. The summed E-state index contributed by atoms with van der Waals surface area (Å²) in [4.78, 5) is 14.5. The molecule has 150 valence electrons. The van der Waals surface area contributed by atoms with E-state index in [1.54, 1.807) is 30.3 Å². The minimum absolute atomic E-state index is 0.0127. The number of carboxylic acid groups (broad SMARTS) is 1. The van der Waals surface area contributed by atoms with Crippen molar-refractivity contribution >= 4 is 28.5 Å². The molecule has 0 amide bonds. The highest BCUT2D eigenvalue weighted by molar-refractivity contribution is 6.01. The molecule has 0 aliphatic rings. The number of hydrogen-bond acceptors (Lipinski definition) is 4. The monoisotopic (exact) mass is 401 g/mol. The minimum Gasteiger partial charge on any atom is -0.475 e. The van der Waals surface area contributed by atoms with E-state index in [0.717, 1.165) is 27.7 Å². The van der Waals surface area contributed by atoms with Crippen molar-refractivity contribution in [3.63, 3.8) is 0 Å². The molecule has 2 heterocycles. The van der Waals surface area contributed by atoms with Gasteiger partial charge >= 0.3 is 5.97 Å². The topological polar surface area (TPSA) is 166 Å². The van der Waals surface area contributed by atoms with E-state index < -0.39 is 5.97 Å². The lowest BCUT2D eigenvalue weighted by atomic mass is 10.00. The standard InChI is InChI=1S/C22H19N5O3/c23-20(24)12-3-1-11(2-4-12)19-16(10-14-6-8-18(30-14)22(28)29)15-7-5-13(21(25)26)9-17(15)27-19/h1-9,27H,10H2,(H3,23,24)(H3,25,26)(H,28,29). The van der Waals surface area contributed by atoms with Gasteiger partial charge in [-0.1, -0.05) is 36.4 Å². The zero-order chi connectivity index (χ0) is 21.4. The molecule has 2 aromatic heterocycles. The second-order valence-corrected chi connectivity index (χ2v) is 6.89. The Morgan fingerprint density at radius 3 is 2.23 bits per heavy atom. The molecule has 4 aromatic rings. The number of hydrogen-bond donors (Lipinski definition) is 6. The molecule has 8 N–H and O–H groups in total. The molecule has 8 nitrogen and oxygen atoms in total. The number of rotatable bonds is 6. The number of carboxylic acids is 1. The Bertz CT molecular complexity index is 1300. The number of furan rings is 1. The maximum Gasteiger partial charge on any atom is 0.371 e. The quantitative estimate of drug-likeness (QED) is 0.215. The molecule has 0 saturated heterocycles. The van der Waals surface area contributed by atoms with Gasteiger partial charge in [0.2, 0.25) is 5.76 Å². The average Bonchev–Trinajstić information content (AvgIpc) is 3.33. The molecule has 0 aliphatic heterocycles. The summed E-state index contributed by atoms with van der Waals surface area (Å²) < 4.78 is 5.46. The van der Waals surface area contributed by atoms with Crippen molar-refractivity contribution in [1.29, 1.82) is 10.8 Å². The van der Waals surface area contributed by atoms with E-state index in [-0.39, 0.29) is 17.4 Å². The van der Waals surface area contributed by atoms with Gasteiger partial charge in [-0.25, -0.2) is 4.79 Å². The number of aromatic nitrogens is 1. The number of amidine groups is 2. The molecule has 0 unspecified atom stereocenters. The summed E-state index contributed by atoms with van der Waals surface area (Å²) in [5.74, 6) is -0.758.